The Morgan fingerprint density at radius 2 is 2.00 bits per heavy atom. The summed E-state index contributed by atoms with van der Waals surface area (Å²) in [6.45, 7) is 0.817. The van der Waals surface area contributed by atoms with Crippen molar-refractivity contribution in [3.05, 3.63) is 49.1 Å². The molecule has 0 aliphatic carbocycles. The molecule has 0 fully saturated rings. The number of nitrogens with zero attached hydrogens (tertiary/aromatic N) is 2. The van der Waals surface area contributed by atoms with Gasteiger partial charge in [0, 0.05) is 9.13 Å². The molecule has 0 radical (unpaired) electrons. The molecule has 0 bridgehead atoms. The van der Waals surface area contributed by atoms with Crippen molar-refractivity contribution in [3.63, 3.8) is 0 Å². The molecule has 3 nitrogen and oxygen atoms in total. The van der Waals surface area contributed by atoms with Crippen LogP contribution in [0.3, 0.4) is 0 Å². The summed E-state index contributed by atoms with van der Waals surface area (Å²) < 4.78 is 10.5. The normalized spacial score (nSPS) is 12.9. The number of benzene rings is 2. The van der Waals surface area contributed by atoms with Crippen LogP contribution in [0, 0.1) is 7.14 Å². The second kappa shape index (κ2) is 4.34. The maximum absolute atomic E-state index is 5.99. The average molecular weight is 474 g/mol. The first kappa shape index (κ1) is 12.0. The van der Waals surface area contributed by atoms with E-state index < -0.39 is 0 Å². The maximum atomic E-state index is 5.99. The van der Waals surface area contributed by atoms with Gasteiger partial charge < -0.3 is 4.74 Å². The Morgan fingerprint density at radius 1 is 1.16 bits per heavy atom. The standard InChI is InChI=1S/C14H8I2N2O/c15-9-5-8-7-18-12-4-2-1-3-11(12)17-14(18)19-13(8)10(16)6-9/h1-6H,7H2. The molecule has 94 valence electrons. The van der Waals surface area contributed by atoms with Crippen LogP contribution in [0.25, 0.3) is 11.0 Å². The topological polar surface area (TPSA) is 27.1 Å². The SMILES string of the molecule is Ic1cc(I)c2c(c1)Cn1c(nc3ccccc31)O2. The lowest BCUT2D eigenvalue weighted by atomic mass is 10.2. The highest BCUT2D eigenvalue weighted by Gasteiger charge is 2.22. The fraction of sp³-hybridized carbons (Fsp3) is 0.0714. The second-order valence-corrected chi connectivity index (χ2v) is 6.85. The summed E-state index contributed by atoms with van der Waals surface area (Å²) in [4.78, 5) is 4.55. The molecule has 0 saturated heterocycles. The molecule has 0 spiro atoms. The molecule has 19 heavy (non-hydrogen) atoms. The first-order chi connectivity index (χ1) is 9.22. The molecule has 0 amide bonds. The highest BCUT2D eigenvalue weighted by Crippen LogP contribution is 2.38. The number of para-hydroxylation sites is 2. The van der Waals surface area contributed by atoms with Crippen molar-refractivity contribution in [2.75, 3.05) is 0 Å². The van der Waals surface area contributed by atoms with Gasteiger partial charge in [-0.3, -0.25) is 4.57 Å². The summed E-state index contributed by atoms with van der Waals surface area (Å²) in [5, 5.41) is 0. The first-order valence-electron chi connectivity index (χ1n) is 5.83. The monoisotopic (exact) mass is 474 g/mol. The number of rotatable bonds is 0. The zero-order valence-electron chi connectivity index (χ0n) is 9.73. The zero-order chi connectivity index (χ0) is 13.0. The highest BCUT2D eigenvalue weighted by atomic mass is 127. The van der Waals surface area contributed by atoms with E-state index in [2.05, 4.69) is 72.9 Å². The third-order valence-electron chi connectivity index (χ3n) is 3.23. The summed E-state index contributed by atoms with van der Waals surface area (Å²) in [7, 11) is 0. The highest BCUT2D eigenvalue weighted by molar-refractivity contribution is 14.1. The number of hydrogen-bond donors (Lipinski definition) is 0. The lowest BCUT2D eigenvalue weighted by Gasteiger charge is -2.20. The van der Waals surface area contributed by atoms with Gasteiger partial charge in [-0.1, -0.05) is 12.1 Å². The van der Waals surface area contributed by atoms with E-state index in [-0.39, 0.29) is 0 Å². The Balaban J connectivity index is 1.96. The Morgan fingerprint density at radius 3 is 2.89 bits per heavy atom. The van der Waals surface area contributed by atoms with Crippen LogP contribution in [0.1, 0.15) is 5.56 Å². The average Bonchev–Trinajstić information content (AvgIpc) is 2.74. The van der Waals surface area contributed by atoms with Gasteiger partial charge in [0.2, 0.25) is 0 Å². The summed E-state index contributed by atoms with van der Waals surface area (Å²) in [6, 6.07) is 13.1. The quantitative estimate of drug-likeness (QED) is 0.354. The number of halogens is 2. The summed E-state index contributed by atoms with van der Waals surface area (Å²) in [5.74, 6) is 0.948. The van der Waals surface area contributed by atoms with Crippen molar-refractivity contribution in [3.8, 4) is 11.8 Å². The molecule has 3 aromatic rings. The van der Waals surface area contributed by atoms with Gasteiger partial charge in [-0.05, 0) is 69.4 Å². The molecule has 5 heteroatoms. The lowest BCUT2D eigenvalue weighted by Crippen LogP contribution is -2.11. The van der Waals surface area contributed by atoms with Crippen molar-refractivity contribution in [1.82, 2.24) is 9.55 Å². The van der Waals surface area contributed by atoms with Crippen molar-refractivity contribution in [2.24, 2.45) is 0 Å². The fourth-order valence-corrected chi connectivity index (χ4v) is 4.47. The van der Waals surface area contributed by atoms with Crippen LogP contribution in [-0.2, 0) is 6.54 Å². The number of fused-ring (bicyclic) bond motifs is 4. The van der Waals surface area contributed by atoms with Gasteiger partial charge in [0.1, 0.15) is 5.75 Å². The molecule has 0 atom stereocenters. The molecule has 2 aromatic carbocycles. The van der Waals surface area contributed by atoms with Gasteiger partial charge in [-0.15, -0.1) is 0 Å². The van der Waals surface area contributed by atoms with E-state index in [1.165, 1.54) is 9.13 Å². The summed E-state index contributed by atoms with van der Waals surface area (Å²) in [5.41, 5.74) is 3.32. The number of imidazole rings is 1. The minimum absolute atomic E-state index is 0.688. The molecule has 1 aliphatic rings. The number of hydrogen-bond acceptors (Lipinski definition) is 2. The van der Waals surface area contributed by atoms with Crippen LogP contribution >= 0.6 is 45.2 Å². The van der Waals surface area contributed by atoms with Crippen molar-refractivity contribution >= 4 is 56.2 Å². The van der Waals surface area contributed by atoms with Crippen LogP contribution in [0.2, 0.25) is 0 Å². The van der Waals surface area contributed by atoms with Crippen LogP contribution in [0.5, 0.6) is 11.8 Å². The van der Waals surface area contributed by atoms with Crippen LogP contribution in [0.4, 0.5) is 0 Å². The van der Waals surface area contributed by atoms with Crippen molar-refractivity contribution < 1.29 is 4.74 Å². The number of aromatic nitrogens is 2. The van der Waals surface area contributed by atoms with Crippen LogP contribution in [-0.4, -0.2) is 9.55 Å². The van der Waals surface area contributed by atoms with E-state index in [9.17, 15) is 0 Å². The fourth-order valence-electron chi connectivity index (χ4n) is 2.39. The lowest BCUT2D eigenvalue weighted by molar-refractivity contribution is 0.390. The van der Waals surface area contributed by atoms with E-state index in [4.69, 9.17) is 4.74 Å². The van der Waals surface area contributed by atoms with Crippen molar-refractivity contribution in [2.45, 2.75) is 6.54 Å². The van der Waals surface area contributed by atoms with Crippen LogP contribution in [0.15, 0.2) is 36.4 Å². The minimum atomic E-state index is 0.688. The zero-order valence-corrected chi connectivity index (χ0v) is 14.0. The van der Waals surface area contributed by atoms with Gasteiger partial charge in [0.05, 0.1) is 21.1 Å². The largest absolute Gasteiger partial charge is 0.424 e. The Bertz CT molecular complexity index is 811. The molecule has 2 heterocycles. The minimum Gasteiger partial charge on any atom is -0.424 e. The Kier molecular flexibility index (Phi) is 2.73. The molecular weight excluding hydrogens is 466 g/mol. The third-order valence-corrected chi connectivity index (χ3v) is 4.65. The second-order valence-electron chi connectivity index (χ2n) is 4.45. The summed E-state index contributed by atoms with van der Waals surface area (Å²) >= 11 is 4.66. The van der Waals surface area contributed by atoms with E-state index >= 15 is 0 Å². The molecule has 0 unspecified atom stereocenters. The Labute approximate surface area is 137 Å². The van der Waals surface area contributed by atoms with Crippen LogP contribution < -0.4 is 4.74 Å². The van der Waals surface area contributed by atoms with Gasteiger partial charge in [-0.2, -0.15) is 4.98 Å². The first-order valence-corrected chi connectivity index (χ1v) is 7.99. The molecular formula is C14H8I2N2O. The van der Waals surface area contributed by atoms with Gasteiger partial charge in [-0.25, -0.2) is 0 Å². The van der Waals surface area contributed by atoms with E-state index in [1.54, 1.807) is 0 Å². The van der Waals surface area contributed by atoms with Gasteiger partial charge in [0.25, 0.3) is 0 Å². The molecule has 0 saturated carbocycles. The predicted molar refractivity (Wildman–Crippen MR) is 90.8 cm³/mol. The van der Waals surface area contributed by atoms with E-state index in [0.717, 1.165) is 26.9 Å². The van der Waals surface area contributed by atoms with Crippen molar-refractivity contribution in [1.29, 1.82) is 0 Å². The molecule has 4 rings (SSSR count). The third kappa shape index (κ3) is 1.85. The van der Waals surface area contributed by atoms with Gasteiger partial charge >= 0.3 is 6.01 Å². The maximum Gasteiger partial charge on any atom is 0.303 e. The predicted octanol–water partition coefficient (Wildman–Crippen LogP) is 4.40. The van der Waals surface area contributed by atoms with E-state index in [1.807, 2.05) is 18.2 Å². The van der Waals surface area contributed by atoms with E-state index in [0.29, 0.717) is 6.01 Å². The molecule has 1 aromatic heterocycles. The smallest absolute Gasteiger partial charge is 0.303 e. The van der Waals surface area contributed by atoms with Gasteiger partial charge in [0.15, 0.2) is 0 Å². The molecule has 0 N–H and O–H groups in total. The molecule has 1 aliphatic heterocycles. The summed E-state index contributed by atoms with van der Waals surface area (Å²) in [6.07, 6.45) is 0. The Hall–Kier alpha value is -0.830. The number of ether oxygens (including phenoxy) is 1.